The average molecular weight is 407 g/mol. The van der Waals surface area contributed by atoms with Crippen molar-refractivity contribution in [2.24, 2.45) is 4.99 Å². The molecule has 3 rings (SSSR count). The SMILES string of the molecule is CC(=O)Nc1ccc(N=Cc2c(C)[nH]n(-c3ccc(C)cc3C)c2=O)c([N+](=O)[O-])c1. The number of aryl methyl sites for hydroxylation is 3. The second-order valence-electron chi connectivity index (χ2n) is 6.98. The van der Waals surface area contributed by atoms with Gasteiger partial charge >= 0.3 is 0 Å². The number of hydrogen-bond donors (Lipinski definition) is 2. The van der Waals surface area contributed by atoms with Gasteiger partial charge in [-0.15, -0.1) is 0 Å². The summed E-state index contributed by atoms with van der Waals surface area (Å²) < 4.78 is 1.43. The predicted molar refractivity (Wildman–Crippen MR) is 115 cm³/mol. The first-order chi connectivity index (χ1) is 14.2. The Bertz CT molecular complexity index is 1240. The van der Waals surface area contributed by atoms with E-state index < -0.39 is 4.92 Å². The summed E-state index contributed by atoms with van der Waals surface area (Å²) in [5.41, 5.74) is 3.42. The number of carbonyl (C=O) groups excluding carboxylic acids is 1. The van der Waals surface area contributed by atoms with Gasteiger partial charge in [0.05, 0.1) is 16.2 Å². The zero-order valence-electron chi connectivity index (χ0n) is 17.0. The van der Waals surface area contributed by atoms with Crippen molar-refractivity contribution in [3.8, 4) is 5.69 Å². The number of carbonyl (C=O) groups is 1. The summed E-state index contributed by atoms with van der Waals surface area (Å²) in [5, 5.41) is 16.9. The molecule has 0 saturated heterocycles. The molecule has 0 aliphatic carbocycles. The van der Waals surface area contributed by atoms with E-state index >= 15 is 0 Å². The maximum atomic E-state index is 12.9. The molecule has 0 spiro atoms. The maximum absolute atomic E-state index is 12.9. The number of aliphatic imine (C=N–C) groups is 1. The zero-order chi connectivity index (χ0) is 22.0. The molecule has 0 aliphatic heterocycles. The molecule has 154 valence electrons. The van der Waals surface area contributed by atoms with E-state index in [2.05, 4.69) is 15.4 Å². The van der Waals surface area contributed by atoms with E-state index in [0.717, 1.165) is 16.8 Å². The molecule has 1 aromatic heterocycles. The van der Waals surface area contributed by atoms with Gasteiger partial charge in [0.25, 0.3) is 11.2 Å². The number of aromatic nitrogens is 2. The van der Waals surface area contributed by atoms with Gasteiger partial charge in [-0.1, -0.05) is 17.7 Å². The summed E-state index contributed by atoms with van der Waals surface area (Å²) in [6, 6.07) is 9.91. The van der Waals surface area contributed by atoms with Crippen LogP contribution in [-0.4, -0.2) is 26.8 Å². The Morgan fingerprint density at radius 3 is 2.57 bits per heavy atom. The van der Waals surface area contributed by atoms with Crippen LogP contribution in [0, 0.1) is 30.9 Å². The van der Waals surface area contributed by atoms with Crippen LogP contribution in [0.4, 0.5) is 17.1 Å². The van der Waals surface area contributed by atoms with Crippen LogP contribution < -0.4 is 10.9 Å². The number of rotatable bonds is 5. The summed E-state index contributed by atoms with van der Waals surface area (Å²) >= 11 is 0. The lowest BCUT2D eigenvalue weighted by atomic mass is 10.1. The first-order valence-electron chi connectivity index (χ1n) is 9.16. The van der Waals surface area contributed by atoms with Gasteiger partial charge in [-0.25, -0.2) is 9.67 Å². The monoisotopic (exact) mass is 407 g/mol. The van der Waals surface area contributed by atoms with Gasteiger partial charge < -0.3 is 5.32 Å². The van der Waals surface area contributed by atoms with Crippen LogP contribution in [0.2, 0.25) is 0 Å². The molecule has 0 fully saturated rings. The molecule has 0 atom stereocenters. The first-order valence-corrected chi connectivity index (χ1v) is 9.16. The van der Waals surface area contributed by atoms with Gasteiger partial charge in [0.2, 0.25) is 5.91 Å². The van der Waals surface area contributed by atoms with Gasteiger partial charge in [0, 0.05) is 30.6 Å². The lowest BCUT2D eigenvalue weighted by Crippen LogP contribution is -2.18. The molecule has 1 amide bonds. The molecule has 30 heavy (non-hydrogen) atoms. The summed E-state index contributed by atoms with van der Waals surface area (Å²) in [7, 11) is 0. The summed E-state index contributed by atoms with van der Waals surface area (Å²) in [6.45, 7) is 6.94. The minimum Gasteiger partial charge on any atom is -0.326 e. The van der Waals surface area contributed by atoms with Crippen molar-refractivity contribution in [3.63, 3.8) is 0 Å². The van der Waals surface area contributed by atoms with Crippen molar-refractivity contribution in [3.05, 3.63) is 79.3 Å². The standard InChI is InChI=1S/C21H21N5O4/c1-12-5-8-19(13(2)9-12)25-21(28)17(14(3)24-25)11-22-18-7-6-16(23-15(4)27)10-20(18)26(29)30/h5-11,24H,1-4H3,(H,23,27). The number of aromatic amines is 1. The highest BCUT2D eigenvalue weighted by Gasteiger charge is 2.16. The smallest absolute Gasteiger partial charge is 0.296 e. The third-order valence-electron chi connectivity index (χ3n) is 4.54. The Balaban J connectivity index is 2.01. The van der Waals surface area contributed by atoms with Crippen molar-refractivity contribution < 1.29 is 9.72 Å². The number of nitro groups is 1. The minimum atomic E-state index is -0.587. The third-order valence-corrected chi connectivity index (χ3v) is 4.54. The number of H-pyrrole nitrogens is 1. The fourth-order valence-corrected chi connectivity index (χ4v) is 3.13. The van der Waals surface area contributed by atoms with E-state index in [1.165, 1.54) is 36.0 Å². The van der Waals surface area contributed by atoms with E-state index in [1.807, 2.05) is 32.0 Å². The van der Waals surface area contributed by atoms with Gasteiger partial charge in [-0.05, 0) is 44.5 Å². The fraction of sp³-hybridized carbons (Fsp3) is 0.190. The third kappa shape index (κ3) is 4.19. The molecule has 3 aromatic rings. The van der Waals surface area contributed by atoms with Crippen molar-refractivity contribution in [1.29, 1.82) is 0 Å². The molecular formula is C21H21N5O4. The van der Waals surface area contributed by atoms with Crippen molar-refractivity contribution in [1.82, 2.24) is 9.78 Å². The largest absolute Gasteiger partial charge is 0.326 e. The number of nitro benzene ring substituents is 1. The van der Waals surface area contributed by atoms with Gasteiger partial charge in [0.1, 0.15) is 5.69 Å². The van der Waals surface area contributed by atoms with Gasteiger partial charge in [-0.3, -0.25) is 24.8 Å². The van der Waals surface area contributed by atoms with Crippen LogP contribution >= 0.6 is 0 Å². The topological polar surface area (TPSA) is 122 Å². The quantitative estimate of drug-likeness (QED) is 0.380. The van der Waals surface area contributed by atoms with Crippen LogP contribution in [0.15, 0.2) is 46.2 Å². The molecule has 0 unspecified atom stereocenters. The van der Waals surface area contributed by atoms with E-state index in [9.17, 15) is 19.7 Å². The Kier molecular flexibility index (Phi) is 5.63. The molecule has 0 aliphatic rings. The van der Waals surface area contributed by atoms with E-state index in [1.54, 1.807) is 6.92 Å². The number of benzene rings is 2. The van der Waals surface area contributed by atoms with E-state index in [4.69, 9.17) is 0 Å². The lowest BCUT2D eigenvalue weighted by molar-refractivity contribution is -0.384. The molecule has 9 heteroatoms. The number of hydrogen-bond acceptors (Lipinski definition) is 5. The summed E-state index contributed by atoms with van der Waals surface area (Å²) in [5.74, 6) is -0.338. The molecule has 9 nitrogen and oxygen atoms in total. The Morgan fingerprint density at radius 1 is 1.20 bits per heavy atom. The van der Waals surface area contributed by atoms with Gasteiger partial charge in [0.15, 0.2) is 0 Å². The highest BCUT2D eigenvalue weighted by atomic mass is 16.6. The van der Waals surface area contributed by atoms with E-state index in [0.29, 0.717) is 16.9 Å². The van der Waals surface area contributed by atoms with Crippen LogP contribution in [0.1, 0.15) is 29.3 Å². The molecule has 0 bridgehead atoms. The fourth-order valence-electron chi connectivity index (χ4n) is 3.13. The van der Waals surface area contributed by atoms with Crippen LogP contribution in [-0.2, 0) is 4.79 Å². The van der Waals surface area contributed by atoms with Crippen molar-refractivity contribution in [2.45, 2.75) is 27.7 Å². The Hall–Kier alpha value is -4.01. The lowest BCUT2D eigenvalue weighted by Gasteiger charge is -2.06. The van der Waals surface area contributed by atoms with Gasteiger partial charge in [-0.2, -0.15) is 0 Å². The maximum Gasteiger partial charge on any atom is 0.296 e. The van der Waals surface area contributed by atoms with Crippen LogP contribution in [0.5, 0.6) is 0 Å². The van der Waals surface area contributed by atoms with Crippen molar-refractivity contribution in [2.75, 3.05) is 5.32 Å². The predicted octanol–water partition coefficient (Wildman–Crippen LogP) is 3.71. The van der Waals surface area contributed by atoms with E-state index in [-0.39, 0.29) is 22.8 Å². The molecule has 1 heterocycles. The number of nitrogens with zero attached hydrogens (tertiary/aromatic N) is 3. The Labute approximate surface area is 172 Å². The molecular weight excluding hydrogens is 386 g/mol. The minimum absolute atomic E-state index is 0.0761. The number of anilines is 1. The highest BCUT2D eigenvalue weighted by molar-refractivity contribution is 5.90. The second kappa shape index (κ2) is 8.16. The normalized spacial score (nSPS) is 11.1. The zero-order valence-corrected chi connectivity index (χ0v) is 17.0. The first kappa shape index (κ1) is 20.7. The number of nitrogens with one attached hydrogen (secondary N) is 2. The summed E-state index contributed by atoms with van der Waals surface area (Å²) in [6.07, 6.45) is 1.31. The average Bonchev–Trinajstić information content (AvgIpc) is 2.94. The Morgan fingerprint density at radius 2 is 1.93 bits per heavy atom. The van der Waals surface area contributed by atoms with Crippen LogP contribution in [0.25, 0.3) is 5.69 Å². The second-order valence-corrected chi connectivity index (χ2v) is 6.98. The molecule has 2 aromatic carbocycles. The van der Waals surface area contributed by atoms with Crippen LogP contribution in [0.3, 0.4) is 0 Å². The summed E-state index contributed by atoms with van der Waals surface area (Å²) in [4.78, 5) is 39.1. The molecule has 0 radical (unpaired) electrons. The van der Waals surface area contributed by atoms with Crippen molar-refractivity contribution >= 4 is 29.2 Å². The number of amides is 1. The molecule has 2 N–H and O–H groups in total. The highest BCUT2D eigenvalue weighted by Crippen LogP contribution is 2.30. The molecule has 0 saturated carbocycles.